The summed E-state index contributed by atoms with van der Waals surface area (Å²) in [6.45, 7) is 2.53. The molecule has 0 aromatic heterocycles. The first-order valence-electron chi connectivity index (χ1n) is 9.02. The molecule has 0 spiro atoms. The van der Waals surface area contributed by atoms with Crippen LogP contribution in [0.4, 0.5) is 5.69 Å². The van der Waals surface area contributed by atoms with Gasteiger partial charge in [-0.3, -0.25) is 9.59 Å². The summed E-state index contributed by atoms with van der Waals surface area (Å²) in [5.41, 5.74) is 2.49. The highest BCUT2D eigenvalue weighted by molar-refractivity contribution is 6.04. The lowest BCUT2D eigenvalue weighted by Gasteiger charge is -2.08. The third kappa shape index (κ3) is 5.17. The molecular weight excluding hydrogens is 344 g/mol. The molecule has 27 heavy (non-hydrogen) atoms. The smallest absolute Gasteiger partial charge is 0.338 e. The molecule has 6 heteroatoms. The van der Waals surface area contributed by atoms with E-state index in [-0.39, 0.29) is 23.7 Å². The molecular formula is C21H22N2O4. The normalized spacial score (nSPS) is 12.9. The standard InChI is InChI=1S/C21H22N2O4/c1-2-27-21(26)17-9-11-18(12-10-17)23-20(25)16-5-3-14(4-6-16)13-22-19(24)15-7-8-15/h3-6,9-12,15H,2,7-8,13H2,1H3,(H,22,24)(H,23,25). The number of benzene rings is 2. The highest BCUT2D eigenvalue weighted by atomic mass is 16.5. The highest BCUT2D eigenvalue weighted by Crippen LogP contribution is 2.28. The molecule has 140 valence electrons. The number of nitrogens with one attached hydrogen (secondary N) is 2. The minimum atomic E-state index is -0.389. The molecule has 0 heterocycles. The van der Waals surface area contributed by atoms with Crippen molar-refractivity contribution in [2.45, 2.75) is 26.3 Å². The average molecular weight is 366 g/mol. The van der Waals surface area contributed by atoms with Crippen molar-refractivity contribution in [1.29, 1.82) is 0 Å². The maximum Gasteiger partial charge on any atom is 0.338 e. The Balaban J connectivity index is 1.54. The fraction of sp³-hybridized carbons (Fsp3) is 0.286. The van der Waals surface area contributed by atoms with Crippen LogP contribution in [0.15, 0.2) is 48.5 Å². The fourth-order valence-electron chi connectivity index (χ4n) is 2.56. The Morgan fingerprint density at radius 1 is 0.963 bits per heavy atom. The number of ether oxygens (including phenoxy) is 1. The van der Waals surface area contributed by atoms with Crippen molar-refractivity contribution in [2.24, 2.45) is 5.92 Å². The topological polar surface area (TPSA) is 84.5 Å². The third-order valence-electron chi connectivity index (χ3n) is 4.28. The van der Waals surface area contributed by atoms with Gasteiger partial charge < -0.3 is 15.4 Å². The zero-order valence-electron chi connectivity index (χ0n) is 15.2. The quantitative estimate of drug-likeness (QED) is 0.737. The maximum atomic E-state index is 12.3. The van der Waals surface area contributed by atoms with Crippen LogP contribution in [0, 0.1) is 5.92 Å². The van der Waals surface area contributed by atoms with Crippen LogP contribution < -0.4 is 10.6 Å². The van der Waals surface area contributed by atoms with Gasteiger partial charge in [0.25, 0.3) is 5.91 Å². The second-order valence-electron chi connectivity index (χ2n) is 6.44. The number of hydrogen-bond donors (Lipinski definition) is 2. The number of anilines is 1. The average Bonchev–Trinajstić information content (AvgIpc) is 3.52. The van der Waals surface area contributed by atoms with Gasteiger partial charge in [0, 0.05) is 23.7 Å². The summed E-state index contributed by atoms with van der Waals surface area (Å²) in [6.07, 6.45) is 1.96. The van der Waals surface area contributed by atoms with E-state index in [1.54, 1.807) is 43.3 Å². The molecule has 3 rings (SSSR count). The van der Waals surface area contributed by atoms with E-state index in [0.717, 1.165) is 18.4 Å². The van der Waals surface area contributed by atoms with Crippen LogP contribution in [0.25, 0.3) is 0 Å². The Kier molecular flexibility index (Phi) is 5.86. The number of carbonyl (C=O) groups is 3. The minimum Gasteiger partial charge on any atom is -0.462 e. The van der Waals surface area contributed by atoms with E-state index in [0.29, 0.717) is 30.0 Å². The summed E-state index contributed by atoms with van der Waals surface area (Å²) in [5, 5.41) is 5.68. The number of rotatable bonds is 7. The fourth-order valence-corrected chi connectivity index (χ4v) is 2.56. The monoisotopic (exact) mass is 366 g/mol. The lowest BCUT2D eigenvalue weighted by Crippen LogP contribution is -2.24. The van der Waals surface area contributed by atoms with Crippen molar-refractivity contribution >= 4 is 23.5 Å². The molecule has 0 atom stereocenters. The zero-order valence-corrected chi connectivity index (χ0v) is 15.2. The number of esters is 1. The predicted molar refractivity (Wildman–Crippen MR) is 101 cm³/mol. The molecule has 1 saturated carbocycles. The highest BCUT2D eigenvalue weighted by Gasteiger charge is 2.29. The molecule has 1 aliphatic rings. The van der Waals surface area contributed by atoms with Gasteiger partial charge in [-0.05, 0) is 61.7 Å². The molecule has 2 amide bonds. The SMILES string of the molecule is CCOC(=O)c1ccc(NC(=O)c2ccc(CNC(=O)C3CC3)cc2)cc1. The lowest BCUT2D eigenvalue weighted by atomic mass is 10.1. The first-order chi connectivity index (χ1) is 13.1. The first kappa shape index (κ1) is 18.6. The van der Waals surface area contributed by atoms with Gasteiger partial charge in [0.05, 0.1) is 12.2 Å². The summed E-state index contributed by atoms with van der Waals surface area (Å²) >= 11 is 0. The Bertz CT molecular complexity index is 824. The Hall–Kier alpha value is -3.15. The van der Waals surface area contributed by atoms with Gasteiger partial charge >= 0.3 is 5.97 Å². The summed E-state index contributed by atoms with van der Waals surface area (Å²) in [7, 11) is 0. The summed E-state index contributed by atoms with van der Waals surface area (Å²) in [6, 6.07) is 13.6. The molecule has 1 aliphatic carbocycles. The Labute approximate surface area is 157 Å². The summed E-state index contributed by atoms with van der Waals surface area (Å²) in [4.78, 5) is 35.6. The summed E-state index contributed by atoms with van der Waals surface area (Å²) < 4.78 is 4.93. The largest absolute Gasteiger partial charge is 0.462 e. The van der Waals surface area contributed by atoms with Crippen LogP contribution in [0.2, 0.25) is 0 Å². The van der Waals surface area contributed by atoms with E-state index in [9.17, 15) is 14.4 Å². The van der Waals surface area contributed by atoms with Gasteiger partial charge in [0.15, 0.2) is 0 Å². The van der Waals surface area contributed by atoms with Crippen LogP contribution in [-0.4, -0.2) is 24.4 Å². The number of amides is 2. The van der Waals surface area contributed by atoms with Gasteiger partial charge in [0.2, 0.25) is 5.91 Å². The van der Waals surface area contributed by atoms with Crippen LogP contribution in [-0.2, 0) is 16.1 Å². The van der Waals surface area contributed by atoms with E-state index in [4.69, 9.17) is 4.74 Å². The van der Waals surface area contributed by atoms with Crippen molar-refractivity contribution in [3.63, 3.8) is 0 Å². The zero-order chi connectivity index (χ0) is 19.2. The lowest BCUT2D eigenvalue weighted by molar-refractivity contribution is -0.122. The summed E-state index contributed by atoms with van der Waals surface area (Å²) in [5.74, 6) is -0.347. The van der Waals surface area contributed by atoms with Gasteiger partial charge in [-0.25, -0.2) is 4.79 Å². The van der Waals surface area contributed by atoms with Crippen LogP contribution in [0.5, 0.6) is 0 Å². The molecule has 0 bridgehead atoms. The van der Waals surface area contributed by atoms with Gasteiger partial charge in [0.1, 0.15) is 0 Å². The van der Waals surface area contributed by atoms with E-state index in [2.05, 4.69) is 10.6 Å². The van der Waals surface area contributed by atoms with Crippen LogP contribution >= 0.6 is 0 Å². The molecule has 6 nitrogen and oxygen atoms in total. The van der Waals surface area contributed by atoms with E-state index < -0.39 is 0 Å². The first-order valence-corrected chi connectivity index (χ1v) is 9.02. The molecule has 2 aromatic rings. The van der Waals surface area contributed by atoms with Crippen molar-refractivity contribution in [1.82, 2.24) is 5.32 Å². The van der Waals surface area contributed by atoms with Gasteiger partial charge in [-0.1, -0.05) is 12.1 Å². The van der Waals surface area contributed by atoms with E-state index >= 15 is 0 Å². The van der Waals surface area contributed by atoms with Crippen molar-refractivity contribution < 1.29 is 19.1 Å². The van der Waals surface area contributed by atoms with Crippen LogP contribution in [0.3, 0.4) is 0 Å². The van der Waals surface area contributed by atoms with Crippen molar-refractivity contribution in [3.05, 3.63) is 65.2 Å². The maximum absolute atomic E-state index is 12.3. The number of hydrogen-bond acceptors (Lipinski definition) is 4. The predicted octanol–water partition coefficient (Wildman–Crippen LogP) is 3.14. The Morgan fingerprint density at radius 3 is 2.19 bits per heavy atom. The van der Waals surface area contributed by atoms with Gasteiger partial charge in [-0.2, -0.15) is 0 Å². The van der Waals surface area contributed by atoms with Gasteiger partial charge in [-0.15, -0.1) is 0 Å². The molecule has 2 aromatic carbocycles. The number of carbonyl (C=O) groups excluding carboxylic acids is 3. The molecule has 2 N–H and O–H groups in total. The molecule has 1 fully saturated rings. The van der Waals surface area contributed by atoms with Crippen molar-refractivity contribution in [2.75, 3.05) is 11.9 Å². The Morgan fingerprint density at radius 2 is 1.59 bits per heavy atom. The molecule has 0 saturated heterocycles. The van der Waals surface area contributed by atoms with E-state index in [1.807, 2.05) is 12.1 Å². The minimum absolute atomic E-state index is 0.100. The third-order valence-corrected chi connectivity index (χ3v) is 4.28. The second kappa shape index (κ2) is 8.49. The van der Waals surface area contributed by atoms with E-state index in [1.165, 1.54) is 0 Å². The molecule has 0 unspecified atom stereocenters. The van der Waals surface area contributed by atoms with Crippen LogP contribution in [0.1, 0.15) is 46.0 Å². The molecule has 0 radical (unpaired) electrons. The molecule has 0 aliphatic heterocycles. The second-order valence-corrected chi connectivity index (χ2v) is 6.44. The van der Waals surface area contributed by atoms with Crippen molar-refractivity contribution in [3.8, 4) is 0 Å².